The molecule has 8 atom stereocenters. The highest BCUT2D eigenvalue weighted by atomic mass is 32.2. The molecule has 1 spiro atoms. The molecule has 5 saturated carbocycles. The zero-order chi connectivity index (χ0) is 18.7. The lowest BCUT2D eigenvalue weighted by Crippen LogP contribution is -2.67. The van der Waals surface area contributed by atoms with Crippen LogP contribution in [0.5, 0.6) is 0 Å². The Bertz CT molecular complexity index is 580. The first-order valence-electron chi connectivity index (χ1n) is 10.6. The zero-order valence-electron chi connectivity index (χ0n) is 16.9. The lowest BCUT2D eigenvalue weighted by atomic mass is 9.35. The summed E-state index contributed by atoms with van der Waals surface area (Å²) in [6, 6.07) is 0. The fourth-order valence-electron chi connectivity index (χ4n) is 8.37. The first kappa shape index (κ1) is 19.1. The van der Waals surface area contributed by atoms with Crippen molar-refractivity contribution >= 4 is 17.7 Å². The van der Waals surface area contributed by atoms with E-state index < -0.39 is 0 Å². The number of rotatable bonds is 3. The van der Waals surface area contributed by atoms with Crippen LogP contribution in [0.3, 0.4) is 0 Å². The number of methoxy groups -OCH3 is 1. The lowest BCUT2D eigenvalue weighted by molar-refractivity contribution is -0.242. The summed E-state index contributed by atoms with van der Waals surface area (Å²) in [5.41, 5.74) is -0.0676. The molecule has 0 heterocycles. The molecule has 0 aromatic rings. The van der Waals surface area contributed by atoms with Crippen LogP contribution >= 0.6 is 11.8 Å². The molecule has 2 bridgehead atoms. The summed E-state index contributed by atoms with van der Waals surface area (Å²) in [4.78, 5) is 12.7. The molecule has 4 heteroatoms. The Morgan fingerprint density at radius 2 is 1.88 bits per heavy atom. The average molecular weight is 381 g/mol. The zero-order valence-corrected chi connectivity index (χ0v) is 17.7. The highest BCUT2D eigenvalue weighted by molar-refractivity contribution is 7.98. The van der Waals surface area contributed by atoms with Gasteiger partial charge < -0.3 is 9.84 Å². The van der Waals surface area contributed by atoms with E-state index in [0.29, 0.717) is 23.7 Å². The van der Waals surface area contributed by atoms with Crippen molar-refractivity contribution in [3.8, 4) is 0 Å². The van der Waals surface area contributed by atoms with E-state index in [-0.39, 0.29) is 28.3 Å². The molecule has 0 saturated heterocycles. The van der Waals surface area contributed by atoms with Crippen molar-refractivity contribution in [2.45, 2.75) is 71.3 Å². The SMILES string of the molecule is COC(=O)[C@]1(C)CCC[C@@]2(C)[C@@H]3C[C@@H]4CC[C@@]3(CC[C@@H]21)[C@H](O)[C@H]4CSC. The third kappa shape index (κ3) is 2.33. The highest BCUT2D eigenvalue weighted by Crippen LogP contribution is 2.72. The van der Waals surface area contributed by atoms with Crippen LogP contribution in [0.2, 0.25) is 0 Å². The summed E-state index contributed by atoms with van der Waals surface area (Å²) >= 11 is 1.89. The number of ether oxygens (including phenoxy) is 1. The van der Waals surface area contributed by atoms with Gasteiger partial charge in [-0.3, -0.25) is 4.79 Å². The van der Waals surface area contributed by atoms with Crippen molar-refractivity contribution in [1.29, 1.82) is 0 Å². The predicted molar refractivity (Wildman–Crippen MR) is 106 cm³/mol. The number of hydrogen-bond donors (Lipinski definition) is 1. The topological polar surface area (TPSA) is 46.5 Å². The van der Waals surface area contributed by atoms with Crippen LogP contribution in [0.1, 0.15) is 65.2 Å². The minimum atomic E-state index is -0.344. The van der Waals surface area contributed by atoms with Crippen LogP contribution in [-0.2, 0) is 9.53 Å². The fraction of sp³-hybridized carbons (Fsp3) is 0.955. The Balaban J connectivity index is 1.71. The molecule has 26 heavy (non-hydrogen) atoms. The Labute approximate surface area is 163 Å². The Kier molecular flexibility index (Phi) is 4.71. The Morgan fingerprint density at radius 3 is 2.58 bits per heavy atom. The summed E-state index contributed by atoms with van der Waals surface area (Å²) in [5.74, 6) is 3.21. The van der Waals surface area contributed by atoms with Crippen molar-refractivity contribution < 1.29 is 14.6 Å². The minimum absolute atomic E-state index is 0.00819. The van der Waals surface area contributed by atoms with Crippen molar-refractivity contribution in [3.05, 3.63) is 0 Å². The minimum Gasteiger partial charge on any atom is -0.469 e. The van der Waals surface area contributed by atoms with E-state index in [1.54, 1.807) is 7.11 Å². The molecule has 0 radical (unpaired) electrons. The summed E-state index contributed by atoms with van der Waals surface area (Å²) in [5, 5.41) is 11.5. The van der Waals surface area contributed by atoms with Gasteiger partial charge in [-0.25, -0.2) is 0 Å². The van der Waals surface area contributed by atoms with E-state index in [2.05, 4.69) is 20.1 Å². The number of aliphatic hydroxyl groups excluding tert-OH is 1. The summed E-state index contributed by atoms with van der Waals surface area (Å²) in [6.07, 6.45) is 11.3. The van der Waals surface area contributed by atoms with Gasteiger partial charge in [0.25, 0.3) is 0 Å². The van der Waals surface area contributed by atoms with Crippen molar-refractivity contribution in [3.63, 3.8) is 0 Å². The number of fused-ring (bicyclic) bond motifs is 3. The smallest absolute Gasteiger partial charge is 0.311 e. The molecule has 1 N–H and O–H groups in total. The second-order valence-electron chi connectivity index (χ2n) is 10.2. The number of hydrogen-bond acceptors (Lipinski definition) is 4. The van der Waals surface area contributed by atoms with Crippen molar-refractivity contribution in [2.75, 3.05) is 19.1 Å². The molecule has 0 aliphatic heterocycles. The number of esters is 1. The van der Waals surface area contributed by atoms with Crippen LogP contribution in [0.4, 0.5) is 0 Å². The first-order valence-corrected chi connectivity index (χ1v) is 12.0. The van der Waals surface area contributed by atoms with Gasteiger partial charge in [0.05, 0.1) is 18.6 Å². The summed E-state index contributed by atoms with van der Waals surface area (Å²) < 4.78 is 5.26. The van der Waals surface area contributed by atoms with Gasteiger partial charge in [0.1, 0.15) is 0 Å². The third-order valence-electron chi connectivity index (χ3n) is 9.50. The van der Waals surface area contributed by atoms with E-state index in [9.17, 15) is 9.90 Å². The van der Waals surface area contributed by atoms with Crippen molar-refractivity contribution in [2.24, 2.45) is 39.9 Å². The lowest BCUT2D eigenvalue weighted by Gasteiger charge is -2.70. The molecule has 3 nitrogen and oxygen atoms in total. The van der Waals surface area contributed by atoms with E-state index in [1.807, 2.05) is 11.8 Å². The molecule has 5 fully saturated rings. The van der Waals surface area contributed by atoms with Gasteiger partial charge in [0, 0.05) is 0 Å². The maximum absolute atomic E-state index is 12.7. The molecule has 0 unspecified atom stereocenters. The second-order valence-corrected chi connectivity index (χ2v) is 11.2. The fourth-order valence-corrected chi connectivity index (χ4v) is 9.21. The average Bonchev–Trinajstić information content (AvgIpc) is 2.63. The van der Waals surface area contributed by atoms with Crippen LogP contribution in [0, 0.1) is 39.9 Å². The standard InChI is InChI=1S/C22H36O3S/c1-20-8-5-9-21(2,19(24)25-3)16(20)7-11-22-10-6-14(12-17(20)22)15(13-26-4)18(22)23/h14-18,23H,5-13H2,1-4H3/t14-,15-,16-,17-,18+,20+,21+,22-/m0/s1. The maximum atomic E-state index is 12.7. The maximum Gasteiger partial charge on any atom is 0.311 e. The number of carbonyl (C=O) groups is 1. The Hall–Kier alpha value is -0.220. The molecule has 5 aliphatic carbocycles. The largest absolute Gasteiger partial charge is 0.469 e. The first-order chi connectivity index (χ1) is 12.3. The monoisotopic (exact) mass is 380 g/mol. The normalized spacial score (nSPS) is 52.9. The van der Waals surface area contributed by atoms with Gasteiger partial charge in [-0.2, -0.15) is 11.8 Å². The van der Waals surface area contributed by atoms with E-state index in [1.165, 1.54) is 25.7 Å². The molecule has 0 amide bonds. The predicted octanol–water partition coefficient (Wildman–Crippen LogP) is 4.52. The van der Waals surface area contributed by atoms with Gasteiger partial charge >= 0.3 is 5.97 Å². The molecule has 0 aromatic carbocycles. The van der Waals surface area contributed by atoms with E-state index >= 15 is 0 Å². The van der Waals surface area contributed by atoms with Gasteiger partial charge in [-0.05, 0) is 98.4 Å². The molecular weight excluding hydrogens is 344 g/mol. The highest BCUT2D eigenvalue weighted by Gasteiger charge is 2.68. The van der Waals surface area contributed by atoms with E-state index in [4.69, 9.17) is 4.74 Å². The van der Waals surface area contributed by atoms with Crippen LogP contribution in [0.25, 0.3) is 0 Å². The quantitative estimate of drug-likeness (QED) is 0.731. The summed E-state index contributed by atoms with van der Waals surface area (Å²) in [7, 11) is 1.54. The van der Waals surface area contributed by atoms with Gasteiger partial charge in [0.15, 0.2) is 0 Å². The number of carbonyl (C=O) groups excluding carboxylic acids is 1. The second kappa shape index (κ2) is 6.40. The number of thioether (sulfide) groups is 1. The molecule has 0 aromatic heterocycles. The molecule has 5 aliphatic rings. The van der Waals surface area contributed by atoms with Crippen molar-refractivity contribution in [1.82, 2.24) is 0 Å². The molecular formula is C22H36O3S. The van der Waals surface area contributed by atoms with Crippen LogP contribution < -0.4 is 0 Å². The van der Waals surface area contributed by atoms with Crippen LogP contribution in [0.15, 0.2) is 0 Å². The van der Waals surface area contributed by atoms with Gasteiger partial charge in [-0.15, -0.1) is 0 Å². The van der Waals surface area contributed by atoms with Crippen LogP contribution in [-0.4, -0.2) is 36.3 Å². The van der Waals surface area contributed by atoms with Gasteiger partial charge in [0.2, 0.25) is 0 Å². The molecule has 5 rings (SSSR count). The number of aliphatic hydroxyl groups is 1. The third-order valence-corrected chi connectivity index (χ3v) is 10.2. The summed E-state index contributed by atoms with van der Waals surface area (Å²) in [6.45, 7) is 4.62. The Morgan fingerprint density at radius 1 is 1.15 bits per heavy atom. The van der Waals surface area contributed by atoms with Gasteiger partial charge in [-0.1, -0.05) is 13.3 Å². The van der Waals surface area contributed by atoms with E-state index in [0.717, 1.165) is 31.4 Å². The molecule has 148 valence electrons.